The summed E-state index contributed by atoms with van der Waals surface area (Å²) in [5, 5.41) is 0. The van der Waals surface area contributed by atoms with Gasteiger partial charge < -0.3 is 0 Å². The number of rotatable bonds is 5. The molecule has 0 saturated carbocycles. The molecular weight excluding hydrogens is 440 g/mol. The largest absolute Gasteiger partial charge is 0.297 e. The van der Waals surface area contributed by atoms with Crippen LogP contribution in [0.3, 0.4) is 0 Å². The lowest BCUT2D eigenvalue weighted by Gasteiger charge is -2.00. The highest BCUT2D eigenvalue weighted by atomic mass is 15.1. The third-order valence-electron chi connectivity index (χ3n) is 6.38. The topological polar surface area (TPSA) is 34.6 Å². The van der Waals surface area contributed by atoms with Gasteiger partial charge >= 0.3 is 0 Å². The summed E-state index contributed by atoms with van der Waals surface area (Å²) >= 11 is 0. The van der Waals surface area contributed by atoms with Crippen LogP contribution in [0.15, 0.2) is 97.3 Å². The van der Waals surface area contributed by atoms with Gasteiger partial charge in [0.1, 0.15) is 0 Å². The first-order chi connectivity index (χ1) is 17.7. The van der Waals surface area contributed by atoms with Crippen LogP contribution in [0.25, 0.3) is 47.0 Å². The molecule has 0 amide bonds. The standard InChI is InChI=1S/C32H26N4/c1-23-9-13-25(14-10-23)17-19-27-29-7-3-5-21-35(29)31(33-27)32-34-28(30-8-4-6-22-36(30)32)20-18-26-15-11-24(2)12-16-26/h3-22H,1-2H3/b19-17+,20-18+. The van der Waals surface area contributed by atoms with Gasteiger partial charge in [0, 0.05) is 12.4 Å². The molecule has 0 saturated heterocycles. The molecular formula is C32H26N4. The summed E-state index contributed by atoms with van der Waals surface area (Å²) in [6.45, 7) is 4.20. The van der Waals surface area contributed by atoms with Crippen LogP contribution in [0.5, 0.6) is 0 Å². The van der Waals surface area contributed by atoms with Gasteiger partial charge in [-0.3, -0.25) is 8.80 Å². The second kappa shape index (κ2) is 9.16. The maximum atomic E-state index is 5.05. The van der Waals surface area contributed by atoms with E-state index in [2.05, 4.69) is 108 Å². The van der Waals surface area contributed by atoms with Crippen LogP contribution in [0.2, 0.25) is 0 Å². The van der Waals surface area contributed by atoms with Crippen molar-refractivity contribution in [1.29, 1.82) is 0 Å². The van der Waals surface area contributed by atoms with Gasteiger partial charge in [-0.1, -0.05) is 83.9 Å². The second-order valence-electron chi connectivity index (χ2n) is 9.04. The summed E-state index contributed by atoms with van der Waals surface area (Å²) in [6.07, 6.45) is 12.5. The summed E-state index contributed by atoms with van der Waals surface area (Å²) in [5.41, 5.74) is 8.70. The molecule has 0 fully saturated rings. The lowest BCUT2D eigenvalue weighted by atomic mass is 10.1. The Morgan fingerprint density at radius 1 is 0.500 bits per heavy atom. The van der Waals surface area contributed by atoms with Crippen LogP contribution in [0.4, 0.5) is 0 Å². The molecule has 4 heterocycles. The summed E-state index contributed by atoms with van der Waals surface area (Å²) in [6, 6.07) is 29.3. The van der Waals surface area contributed by atoms with Gasteiger partial charge in [0.15, 0.2) is 11.6 Å². The minimum atomic E-state index is 0.811. The van der Waals surface area contributed by atoms with E-state index in [-0.39, 0.29) is 0 Å². The third kappa shape index (κ3) is 4.14. The average Bonchev–Trinajstić information content (AvgIpc) is 3.46. The average molecular weight is 467 g/mol. The molecule has 6 rings (SSSR count). The lowest BCUT2D eigenvalue weighted by Crippen LogP contribution is -1.94. The van der Waals surface area contributed by atoms with Crippen LogP contribution in [-0.4, -0.2) is 18.8 Å². The van der Waals surface area contributed by atoms with E-state index in [4.69, 9.17) is 9.97 Å². The van der Waals surface area contributed by atoms with Crippen molar-refractivity contribution >= 4 is 35.3 Å². The zero-order valence-corrected chi connectivity index (χ0v) is 20.3. The zero-order chi connectivity index (χ0) is 24.5. The molecule has 174 valence electrons. The molecule has 36 heavy (non-hydrogen) atoms. The molecule has 0 radical (unpaired) electrons. The van der Waals surface area contributed by atoms with Gasteiger partial charge in [0.05, 0.1) is 22.4 Å². The SMILES string of the molecule is Cc1ccc(/C=C/c2nc(-c3nc(/C=C/c4ccc(C)cc4)c4ccccn34)n3ccccc23)cc1. The molecule has 0 atom stereocenters. The number of hydrogen-bond acceptors (Lipinski definition) is 2. The number of imidazole rings is 2. The van der Waals surface area contributed by atoms with Crippen LogP contribution in [-0.2, 0) is 0 Å². The number of benzene rings is 2. The van der Waals surface area contributed by atoms with Crippen LogP contribution < -0.4 is 0 Å². The summed E-state index contributed by atoms with van der Waals surface area (Å²) in [4.78, 5) is 10.1. The van der Waals surface area contributed by atoms with Crippen molar-refractivity contribution in [3.63, 3.8) is 0 Å². The van der Waals surface area contributed by atoms with Gasteiger partial charge in [-0.25, -0.2) is 9.97 Å². The zero-order valence-electron chi connectivity index (χ0n) is 20.3. The first-order valence-corrected chi connectivity index (χ1v) is 12.1. The normalized spacial score (nSPS) is 11.9. The fourth-order valence-electron chi connectivity index (χ4n) is 4.39. The minimum Gasteiger partial charge on any atom is -0.297 e. The van der Waals surface area contributed by atoms with E-state index < -0.39 is 0 Å². The second-order valence-corrected chi connectivity index (χ2v) is 9.04. The van der Waals surface area contributed by atoms with Crippen molar-refractivity contribution in [2.75, 3.05) is 0 Å². The summed E-state index contributed by atoms with van der Waals surface area (Å²) in [5.74, 6) is 1.62. The number of nitrogens with zero attached hydrogens (tertiary/aromatic N) is 4. The van der Waals surface area contributed by atoms with Crippen LogP contribution in [0, 0.1) is 13.8 Å². The Morgan fingerprint density at radius 3 is 1.33 bits per heavy atom. The van der Waals surface area contributed by atoms with Gasteiger partial charge in [0.2, 0.25) is 0 Å². The third-order valence-corrected chi connectivity index (χ3v) is 6.38. The number of hydrogen-bond donors (Lipinski definition) is 0. The predicted octanol–water partition coefficient (Wildman–Crippen LogP) is 7.61. The Labute approximate surface area is 210 Å². The Morgan fingerprint density at radius 2 is 0.917 bits per heavy atom. The van der Waals surface area contributed by atoms with Crippen molar-refractivity contribution in [2.24, 2.45) is 0 Å². The first-order valence-electron chi connectivity index (χ1n) is 12.1. The molecule has 4 heteroatoms. The molecule has 0 N–H and O–H groups in total. The first kappa shape index (κ1) is 21.8. The highest BCUT2D eigenvalue weighted by molar-refractivity contribution is 5.81. The van der Waals surface area contributed by atoms with E-state index in [0.717, 1.165) is 45.2 Å². The summed E-state index contributed by atoms with van der Waals surface area (Å²) < 4.78 is 4.23. The van der Waals surface area contributed by atoms with E-state index in [9.17, 15) is 0 Å². The number of aryl methyl sites for hydroxylation is 2. The molecule has 0 aliphatic heterocycles. The van der Waals surface area contributed by atoms with Gasteiger partial charge in [-0.05, 0) is 61.4 Å². The molecule has 4 aromatic heterocycles. The minimum absolute atomic E-state index is 0.811. The fraction of sp³-hybridized carbons (Fsp3) is 0.0625. The van der Waals surface area contributed by atoms with E-state index in [0.29, 0.717) is 0 Å². The van der Waals surface area contributed by atoms with E-state index in [1.54, 1.807) is 0 Å². The van der Waals surface area contributed by atoms with E-state index >= 15 is 0 Å². The smallest absolute Gasteiger partial charge is 0.182 e. The highest BCUT2D eigenvalue weighted by Crippen LogP contribution is 2.27. The van der Waals surface area contributed by atoms with Crippen molar-refractivity contribution < 1.29 is 0 Å². The lowest BCUT2D eigenvalue weighted by molar-refractivity contribution is 1.07. The fourth-order valence-corrected chi connectivity index (χ4v) is 4.39. The van der Waals surface area contributed by atoms with E-state index in [1.165, 1.54) is 11.1 Å². The molecule has 0 aliphatic carbocycles. The molecule has 0 spiro atoms. The van der Waals surface area contributed by atoms with Crippen molar-refractivity contribution in [2.45, 2.75) is 13.8 Å². The number of pyridine rings is 2. The maximum Gasteiger partial charge on any atom is 0.182 e. The Kier molecular flexibility index (Phi) is 5.55. The Bertz CT molecular complexity index is 1600. The van der Waals surface area contributed by atoms with Crippen molar-refractivity contribution in [3.05, 3.63) is 131 Å². The predicted molar refractivity (Wildman–Crippen MR) is 150 cm³/mol. The van der Waals surface area contributed by atoms with Crippen LogP contribution >= 0.6 is 0 Å². The van der Waals surface area contributed by atoms with E-state index in [1.807, 2.05) is 36.7 Å². The van der Waals surface area contributed by atoms with Crippen molar-refractivity contribution in [3.8, 4) is 11.6 Å². The highest BCUT2D eigenvalue weighted by Gasteiger charge is 2.17. The number of fused-ring (bicyclic) bond motifs is 2. The summed E-state index contributed by atoms with van der Waals surface area (Å²) in [7, 11) is 0. The molecule has 2 aromatic carbocycles. The Balaban J connectivity index is 1.45. The molecule has 4 nitrogen and oxygen atoms in total. The Hall–Kier alpha value is -4.70. The monoisotopic (exact) mass is 466 g/mol. The van der Waals surface area contributed by atoms with Gasteiger partial charge in [0.25, 0.3) is 0 Å². The molecule has 0 unspecified atom stereocenters. The number of aromatic nitrogens is 4. The van der Waals surface area contributed by atoms with Gasteiger partial charge in [-0.2, -0.15) is 0 Å². The van der Waals surface area contributed by atoms with Crippen LogP contribution in [0.1, 0.15) is 33.6 Å². The maximum absolute atomic E-state index is 5.05. The molecule has 6 aromatic rings. The quantitative estimate of drug-likeness (QED) is 0.262. The molecule has 0 aliphatic rings. The molecule has 0 bridgehead atoms. The van der Waals surface area contributed by atoms with Gasteiger partial charge in [-0.15, -0.1) is 0 Å². The van der Waals surface area contributed by atoms with Crippen molar-refractivity contribution in [1.82, 2.24) is 18.8 Å².